The molecule has 10 rings (SSSR count). The Hall–Kier alpha value is -6.78. The minimum Gasteiger partial charge on any atom is -0.455 e. The number of benzene rings is 7. The molecule has 306 valence electrons. The predicted molar refractivity (Wildman–Crippen MR) is 261 cm³/mol. The number of aromatic nitrogens is 3. The Morgan fingerprint density at radius 3 is 1.68 bits per heavy atom. The molecule has 0 fully saturated rings. The van der Waals surface area contributed by atoms with Crippen LogP contribution in [0.1, 0.15) is 79.0 Å². The highest BCUT2D eigenvalue weighted by molar-refractivity contribution is 6.13. The van der Waals surface area contributed by atoms with Gasteiger partial charge < -0.3 is 8.98 Å². The minimum absolute atomic E-state index is 0.00804. The predicted octanol–water partition coefficient (Wildman–Crippen LogP) is 16.0. The molecular formula is C58H53N3O. The highest BCUT2D eigenvalue weighted by Gasteiger charge is 2.28. The second-order valence-electron chi connectivity index (χ2n) is 20.0. The lowest BCUT2D eigenvalue weighted by atomic mass is 9.79. The molecule has 0 spiro atoms. The van der Waals surface area contributed by atoms with Gasteiger partial charge in [-0.15, -0.1) is 0 Å². The number of furan rings is 1. The summed E-state index contributed by atoms with van der Waals surface area (Å²) in [5, 5.41) is 3.43. The van der Waals surface area contributed by atoms with E-state index in [1.165, 1.54) is 27.6 Å². The fourth-order valence-corrected chi connectivity index (χ4v) is 8.91. The molecule has 7 aromatic carbocycles. The highest BCUT2D eigenvalue weighted by Crippen LogP contribution is 2.45. The Balaban J connectivity index is 1.17. The van der Waals surface area contributed by atoms with Crippen molar-refractivity contribution < 1.29 is 4.42 Å². The Kier molecular flexibility index (Phi) is 9.15. The summed E-state index contributed by atoms with van der Waals surface area (Å²) < 4.78 is 9.38. The quantitative estimate of drug-likeness (QED) is 0.174. The summed E-state index contributed by atoms with van der Waals surface area (Å²) in [5.74, 6) is 0.686. The third-order valence-electron chi connectivity index (χ3n) is 12.4. The van der Waals surface area contributed by atoms with E-state index >= 15 is 0 Å². The summed E-state index contributed by atoms with van der Waals surface area (Å²) in [6, 6.07) is 56.6. The maximum Gasteiger partial charge on any atom is 0.160 e. The van der Waals surface area contributed by atoms with Crippen molar-refractivity contribution in [3.63, 3.8) is 0 Å². The molecule has 0 N–H and O–H groups in total. The Morgan fingerprint density at radius 2 is 1.02 bits per heavy atom. The Labute approximate surface area is 364 Å². The van der Waals surface area contributed by atoms with Gasteiger partial charge in [-0.3, -0.25) is 0 Å². The molecular weight excluding hydrogens is 755 g/mol. The molecule has 0 saturated heterocycles. The number of nitrogens with zero attached hydrogens (tertiary/aromatic N) is 3. The number of para-hydroxylation sites is 1. The van der Waals surface area contributed by atoms with Gasteiger partial charge >= 0.3 is 0 Å². The van der Waals surface area contributed by atoms with Crippen LogP contribution in [0.5, 0.6) is 0 Å². The van der Waals surface area contributed by atoms with Crippen molar-refractivity contribution in [2.45, 2.75) is 78.6 Å². The number of hydrogen-bond acceptors (Lipinski definition) is 3. The second kappa shape index (κ2) is 14.4. The van der Waals surface area contributed by atoms with Gasteiger partial charge in [0.15, 0.2) is 5.82 Å². The molecule has 4 heteroatoms. The minimum atomic E-state index is -0.0970. The van der Waals surface area contributed by atoms with E-state index in [1.54, 1.807) is 0 Å². The van der Waals surface area contributed by atoms with Crippen molar-refractivity contribution >= 4 is 43.9 Å². The third kappa shape index (κ3) is 6.79. The zero-order chi connectivity index (χ0) is 43.1. The monoisotopic (exact) mass is 807 g/mol. The van der Waals surface area contributed by atoms with Gasteiger partial charge in [-0.05, 0) is 80.5 Å². The molecule has 0 aliphatic rings. The maximum absolute atomic E-state index is 7.04. The summed E-state index contributed by atoms with van der Waals surface area (Å²) >= 11 is 0. The lowest BCUT2D eigenvalue weighted by molar-refractivity contribution is 0.559. The van der Waals surface area contributed by atoms with Crippen molar-refractivity contribution in [1.82, 2.24) is 14.5 Å². The van der Waals surface area contributed by atoms with Crippen molar-refractivity contribution in [1.29, 1.82) is 0 Å². The Bertz CT molecular complexity index is 3310. The van der Waals surface area contributed by atoms with Crippen LogP contribution in [0.3, 0.4) is 0 Å². The number of rotatable bonds is 5. The molecule has 3 aromatic heterocycles. The van der Waals surface area contributed by atoms with E-state index in [-0.39, 0.29) is 16.2 Å². The molecule has 3 heterocycles. The first kappa shape index (κ1) is 39.4. The first-order valence-corrected chi connectivity index (χ1v) is 21.8. The molecule has 0 amide bonds. The average molecular weight is 808 g/mol. The molecule has 0 aliphatic carbocycles. The lowest BCUT2D eigenvalue weighted by Gasteiger charge is -2.25. The standard InChI is InChI=1S/C58H53N3O/c1-56(2,3)41-32-45(53-46(33-41)47-34-42(57(4,5)6)35-48(54(47)62-53)58(7,8)9)37-27-29-39(30-28-37)55-59-50(38-21-14-11-15-22-38)52-51(60-55)44-25-16-17-26-49(44)61(52)43-24-18-23-40(31-43)36-19-12-10-13-20-36/h10-35H,1-9H3. The van der Waals surface area contributed by atoms with Crippen molar-refractivity contribution in [2.75, 3.05) is 0 Å². The fourth-order valence-electron chi connectivity index (χ4n) is 8.91. The zero-order valence-corrected chi connectivity index (χ0v) is 37.3. The highest BCUT2D eigenvalue weighted by atomic mass is 16.3. The first-order chi connectivity index (χ1) is 29.6. The number of hydrogen-bond donors (Lipinski definition) is 0. The van der Waals surface area contributed by atoms with Gasteiger partial charge in [0.05, 0.1) is 16.7 Å². The van der Waals surface area contributed by atoms with Crippen LogP contribution in [0.2, 0.25) is 0 Å². The zero-order valence-electron chi connectivity index (χ0n) is 37.3. The summed E-state index contributed by atoms with van der Waals surface area (Å²) in [7, 11) is 0. The molecule has 10 aromatic rings. The first-order valence-electron chi connectivity index (χ1n) is 21.8. The van der Waals surface area contributed by atoms with Gasteiger partial charge in [-0.2, -0.15) is 0 Å². The topological polar surface area (TPSA) is 43.9 Å². The van der Waals surface area contributed by atoms with Crippen LogP contribution in [0.25, 0.3) is 94.5 Å². The SMILES string of the molecule is CC(C)(C)c1cc(-c2ccc(-c3nc(-c4ccccc4)c4c(n3)c3ccccc3n4-c3cccc(-c4ccccc4)c3)cc2)c2oc3c(C(C)(C)C)cc(C(C)(C)C)cc3c2c1. The molecule has 0 saturated carbocycles. The number of fused-ring (bicyclic) bond motifs is 6. The second-order valence-corrected chi connectivity index (χ2v) is 20.0. The van der Waals surface area contributed by atoms with Crippen molar-refractivity contribution in [3.05, 3.63) is 174 Å². The van der Waals surface area contributed by atoms with E-state index in [0.29, 0.717) is 5.82 Å². The van der Waals surface area contributed by atoms with Crippen LogP contribution >= 0.6 is 0 Å². The lowest BCUT2D eigenvalue weighted by Crippen LogP contribution is -2.16. The van der Waals surface area contributed by atoms with E-state index in [9.17, 15) is 0 Å². The normalized spacial score (nSPS) is 12.6. The van der Waals surface area contributed by atoms with Crippen LogP contribution in [-0.2, 0) is 16.2 Å². The summed E-state index contributed by atoms with van der Waals surface area (Å²) in [4.78, 5) is 10.9. The maximum atomic E-state index is 7.04. The van der Waals surface area contributed by atoms with Gasteiger partial charge in [0, 0.05) is 44.1 Å². The van der Waals surface area contributed by atoms with E-state index < -0.39 is 0 Å². The molecule has 4 nitrogen and oxygen atoms in total. The largest absolute Gasteiger partial charge is 0.455 e. The molecule has 0 radical (unpaired) electrons. The molecule has 0 atom stereocenters. The molecule has 0 bridgehead atoms. The third-order valence-corrected chi connectivity index (χ3v) is 12.4. The van der Waals surface area contributed by atoms with Crippen LogP contribution in [0.4, 0.5) is 0 Å². The molecule has 62 heavy (non-hydrogen) atoms. The fraction of sp³-hybridized carbons (Fsp3) is 0.207. The van der Waals surface area contributed by atoms with Crippen LogP contribution in [0, 0.1) is 0 Å². The van der Waals surface area contributed by atoms with Gasteiger partial charge in [0.1, 0.15) is 16.7 Å². The Morgan fingerprint density at radius 1 is 0.435 bits per heavy atom. The van der Waals surface area contributed by atoms with E-state index in [1.807, 2.05) is 0 Å². The average Bonchev–Trinajstić information content (AvgIpc) is 3.81. The smallest absolute Gasteiger partial charge is 0.160 e. The van der Waals surface area contributed by atoms with E-state index in [0.717, 1.165) is 77.7 Å². The van der Waals surface area contributed by atoms with Gasteiger partial charge in [-0.1, -0.05) is 184 Å². The van der Waals surface area contributed by atoms with Gasteiger partial charge in [-0.25, -0.2) is 9.97 Å². The summed E-state index contributed by atoms with van der Waals surface area (Å²) in [6.07, 6.45) is 0. The molecule has 0 aliphatic heterocycles. The van der Waals surface area contributed by atoms with Gasteiger partial charge in [0.25, 0.3) is 0 Å². The van der Waals surface area contributed by atoms with E-state index in [2.05, 4.69) is 225 Å². The van der Waals surface area contributed by atoms with Gasteiger partial charge in [0.2, 0.25) is 0 Å². The summed E-state index contributed by atoms with van der Waals surface area (Å²) in [5.41, 5.74) is 17.0. The van der Waals surface area contributed by atoms with E-state index in [4.69, 9.17) is 14.4 Å². The summed E-state index contributed by atoms with van der Waals surface area (Å²) in [6.45, 7) is 20.6. The van der Waals surface area contributed by atoms with Crippen molar-refractivity contribution in [3.8, 4) is 50.6 Å². The molecule has 0 unspecified atom stereocenters. The van der Waals surface area contributed by atoms with Crippen LogP contribution < -0.4 is 0 Å². The van der Waals surface area contributed by atoms with Crippen LogP contribution in [-0.4, -0.2) is 14.5 Å². The van der Waals surface area contributed by atoms with Crippen molar-refractivity contribution in [2.24, 2.45) is 0 Å². The van der Waals surface area contributed by atoms with Crippen LogP contribution in [0.15, 0.2) is 162 Å².